The standard InChI is InChI=1S/C11H23NO.C6H14.C5H12.C3H8O.2C2H6/c1-3-4-5-6-7-8-9-11(2)12-10-13;1-3-5-6-4-2;1-3-5-4-2;1-3-4-2;2*1-2/h10-11H,3-9H2,1-2H3,(H,12,13);3-6H2,1-2H3;3-5H2,1-2H3;3H2,1-2H3;2*1-2H3. The molecule has 0 rings (SSSR count). The fraction of sp³-hybridized carbons (Fsp3) is 0.966. The summed E-state index contributed by atoms with van der Waals surface area (Å²) in [5.74, 6) is 0. The highest BCUT2D eigenvalue weighted by Crippen LogP contribution is 2.08. The van der Waals surface area contributed by atoms with Crippen LogP contribution in [0.3, 0.4) is 0 Å². The van der Waals surface area contributed by atoms with Crippen LogP contribution in [0, 0.1) is 0 Å². The maximum Gasteiger partial charge on any atom is 0.207 e. The van der Waals surface area contributed by atoms with E-state index in [1.807, 2.05) is 34.6 Å². The average molecular weight is 464 g/mol. The molecule has 32 heavy (non-hydrogen) atoms. The third kappa shape index (κ3) is 88.1. The number of carbonyl (C=O) groups excluding carboxylic acids is 1. The van der Waals surface area contributed by atoms with Crippen LogP contribution in [0.4, 0.5) is 0 Å². The van der Waals surface area contributed by atoms with Crippen LogP contribution in [0.15, 0.2) is 0 Å². The van der Waals surface area contributed by atoms with E-state index in [9.17, 15) is 4.79 Å². The number of methoxy groups -OCH3 is 1. The van der Waals surface area contributed by atoms with Gasteiger partial charge in [0.25, 0.3) is 0 Å². The smallest absolute Gasteiger partial charge is 0.207 e. The summed E-state index contributed by atoms with van der Waals surface area (Å²) in [5.41, 5.74) is 0. The number of unbranched alkanes of at least 4 members (excludes halogenated alkanes) is 10. The van der Waals surface area contributed by atoms with Gasteiger partial charge in [-0.3, -0.25) is 4.79 Å². The summed E-state index contributed by atoms with van der Waals surface area (Å²) in [6.45, 7) is 24.0. The molecule has 0 heterocycles. The molecule has 3 heteroatoms. The van der Waals surface area contributed by atoms with Crippen LogP contribution in [0.2, 0.25) is 0 Å². The van der Waals surface area contributed by atoms with Crippen molar-refractivity contribution in [3.63, 3.8) is 0 Å². The van der Waals surface area contributed by atoms with Crippen molar-refractivity contribution in [1.82, 2.24) is 5.32 Å². The highest BCUT2D eigenvalue weighted by molar-refractivity contribution is 5.46. The molecule has 0 spiro atoms. The second kappa shape index (κ2) is 63.1. The van der Waals surface area contributed by atoms with E-state index >= 15 is 0 Å². The predicted octanol–water partition coefficient (Wildman–Crippen LogP) is 10.4. The molecule has 0 bridgehead atoms. The zero-order valence-corrected chi connectivity index (χ0v) is 25.1. The Hall–Kier alpha value is -0.570. The molecule has 0 saturated heterocycles. The molecule has 0 fully saturated rings. The zero-order valence-electron chi connectivity index (χ0n) is 25.1. The third-order valence-electron chi connectivity index (χ3n) is 4.30. The van der Waals surface area contributed by atoms with E-state index < -0.39 is 0 Å². The Morgan fingerprint density at radius 2 is 0.938 bits per heavy atom. The van der Waals surface area contributed by atoms with Crippen molar-refractivity contribution >= 4 is 6.41 Å². The van der Waals surface area contributed by atoms with E-state index in [0.717, 1.165) is 19.4 Å². The van der Waals surface area contributed by atoms with Gasteiger partial charge in [0, 0.05) is 19.8 Å². The molecule has 1 atom stereocenters. The van der Waals surface area contributed by atoms with Crippen molar-refractivity contribution in [2.24, 2.45) is 0 Å². The lowest BCUT2D eigenvalue weighted by atomic mass is 10.1. The van der Waals surface area contributed by atoms with Gasteiger partial charge in [0.15, 0.2) is 0 Å². The average Bonchev–Trinajstić information content (AvgIpc) is 2.84. The minimum atomic E-state index is 0.351. The summed E-state index contributed by atoms with van der Waals surface area (Å²) in [6, 6.07) is 0.351. The van der Waals surface area contributed by atoms with Crippen LogP contribution in [0.1, 0.15) is 166 Å². The molecule has 0 aromatic carbocycles. The molecule has 0 saturated carbocycles. The van der Waals surface area contributed by atoms with E-state index in [0.29, 0.717) is 6.04 Å². The first kappa shape index (κ1) is 45.0. The van der Waals surface area contributed by atoms with Gasteiger partial charge in [-0.1, -0.05) is 146 Å². The van der Waals surface area contributed by atoms with E-state index in [2.05, 4.69) is 51.6 Å². The quantitative estimate of drug-likeness (QED) is 0.194. The lowest BCUT2D eigenvalue weighted by Gasteiger charge is -2.08. The summed E-state index contributed by atoms with van der Waals surface area (Å²) in [6.07, 6.45) is 19.5. The second-order valence-electron chi connectivity index (χ2n) is 7.38. The fourth-order valence-electron chi connectivity index (χ4n) is 2.28. The van der Waals surface area contributed by atoms with Crippen LogP contribution in [0.5, 0.6) is 0 Å². The van der Waals surface area contributed by atoms with Crippen molar-refractivity contribution in [3.05, 3.63) is 0 Å². The first-order valence-electron chi connectivity index (χ1n) is 14.2. The minimum absolute atomic E-state index is 0.351. The second-order valence-corrected chi connectivity index (χ2v) is 7.38. The Balaban J connectivity index is -0.0000000745. The van der Waals surface area contributed by atoms with Crippen LogP contribution in [-0.2, 0) is 9.53 Å². The largest absolute Gasteiger partial charge is 0.385 e. The topological polar surface area (TPSA) is 38.3 Å². The molecule has 1 N–H and O–H groups in total. The molecule has 0 aromatic rings. The zero-order chi connectivity index (χ0) is 26.3. The van der Waals surface area contributed by atoms with E-state index in [1.54, 1.807) is 7.11 Å². The molecule has 1 amide bonds. The number of rotatable bonds is 15. The molecule has 3 nitrogen and oxygen atoms in total. The molecule has 0 aliphatic carbocycles. The number of carbonyl (C=O) groups is 1. The van der Waals surface area contributed by atoms with Gasteiger partial charge in [-0.2, -0.15) is 0 Å². The lowest BCUT2D eigenvalue weighted by molar-refractivity contribution is -0.110. The number of hydrogen-bond acceptors (Lipinski definition) is 2. The Bertz CT molecular complexity index is 215. The molecule has 202 valence electrons. The Kier molecular flexibility index (Phi) is 88.8. The summed E-state index contributed by atoms with van der Waals surface area (Å²) in [4.78, 5) is 10.1. The van der Waals surface area contributed by atoms with Gasteiger partial charge in [-0.15, -0.1) is 0 Å². The van der Waals surface area contributed by atoms with Gasteiger partial charge in [0.2, 0.25) is 6.41 Å². The van der Waals surface area contributed by atoms with Crippen LogP contribution >= 0.6 is 0 Å². The monoisotopic (exact) mass is 464 g/mol. The first-order valence-corrected chi connectivity index (χ1v) is 14.2. The van der Waals surface area contributed by atoms with Gasteiger partial charge in [0.1, 0.15) is 0 Å². The van der Waals surface area contributed by atoms with Gasteiger partial charge in [-0.05, 0) is 20.3 Å². The Morgan fingerprint density at radius 3 is 1.22 bits per heavy atom. The van der Waals surface area contributed by atoms with Crippen molar-refractivity contribution in [2.75, 3.05) is 13.7 Å². The predicted molar refractivity (Wildman–Crippen MR) is 152 cm³/mol. The molecule has 0 aromatic heterocycles. The normalized spacial score (nSPS) is 9.38. The van der Waals surface area contributed by atoms with E-state index in [-0.39, 0.29) is 0 Å². The summed E-state index contributed by atoms with van der Waals surface area (Å²) in [5, 5.41) is 2.77. The molecular weight excluding hydrogens is 394 g/mol. The van der Waals surface area contributed by atoms with Crippen molar-refractivity contribution < 1.29 is 9.53 Å². The van der Waals surface area contributed by atoms with Crippen LogP contribution in [0.25, 0.3) is 0 Å². The number of ether oxygens (including phenoxy) is 1. The number of nitrogens with one attached hydrogen (secondary N) is 1. The highest BCUT2D eigenvalue weighted by atomic mass is 16.5. The van der Waals surface area contributed by atoms with Gasteiger partial charge in [-0.25, -0.2) is 0 Å². The van der Waals surface area contributed by atoms with Gasteiger partial charge in [0.05, 0.1) is 0 Å². The summed E-state index contributed by atoms with van der Waals surface area (Å²) < 4.78 is 4.54. The maximum atomic E-state index is 10.1. The fourth-order valence-corrected chi connectivity index (χ4v) is 2.28. The lowest BCUT2D eigenvalue weighted by Crippen LogP contribution is -2.23. The van der Waals surface area contributed by atoms with Crippen molar-refractivity contribution in [1.29, 1.82) is 0 Å². The molecule has 0 radical (unpaired) electrons. The van der Waals surface area contributed by atoms with Crippen molar-refractivity contribution in [3.8, 4) is 0 Å². The van der Waals surface area contributed by atoms with Gasteiger partial charge >= 0.3 is 0 Å². The SMILES string of the molecule is CC.CC.CCCCC.CCCCCC.CCCCCCCCC(C)NC=O.CCOC. The molecule has 0 aliphatic rings. The number of amides is 1. The molecule has 1 unspecified atom stereocenters. The molecular formula is C29H69NO2. The van der Waals surface area contributed by atoms with E-state index in [1.165, 1.54) is 83.5 Å². The van der Waals surface area contributed by atoms with Crippen LogP contribution in [-0.4, -0.2) is 26.2 Å². The highest BCUT2D eigenvalue weighted by Gasteiger charge is 1.98. The van der Waals surface area contributed by atoms with E-state index in [4.69, 9.17) is 0 Å². The van der Waals surface area contributed by atoms with Crippen molar-refractivity contribution in [2.45, 2.75) is 172 Å². The third-order valence-corrected chi connectivity index (χ3v) is 4.30. The summed E-state index contributed by atoms with van der Waals surface area (Å²) in [7, 11) is 1.68. The van der Waals surface area contributed by atoms with Crippen LogP contribution < -0.4 is 5.32 Å². The maximum absolute atomic E-state index is 10.1. The first-order chi connectivity index (χ1) is 15.6. The minimum Gasteiger partial charge on any atom is -0.385 e. The summed E-state index contributed by atoms with van der Waals surface area (Å²) >= 11 is 0. The Labute approximate surface area is 207 Å². The Morgan fingerprint density at radius 1 is 0.625 bits per heavy atom. The van der Waals surface area contributed by atoms with Gasteiger partial charge < -0.3 is 10.1 Å². The molecule has 0 aliphatic heterocycles. The number of hydrogen-bond donors (Lipinski definition) is 1.